The predicted molar refractivity (Wildman–Crippen MR) is 57.7 cm³/mol. The predicted octanol–water partition coefficient (Wildman–Crippen LogP) is 3.22. The van der Waals surface area contributed by atoms with Crippen molar-refractivity contribution in [3.05, 3.63) is 41.1 Å². The minimum atomic E-state index is -4.43. The van der Waals surface area contributed by atoms with E-state index in [-0.39, 0.29) is 15.9 Å². The molecule has 0 saturated carbocycles. The lowest BCUT2D eigenvalue weighted by Gasteiger charge is -2.11. The van der Waals surface area contributed by atoms with Crippen LogP contribution >= 0.6 is 12.2 Å². The lowest BCUT2D eigenvalue weighted by Crippen LogP contribution is -2.07. The monoisotopic (exact) mass is 257 g/mol. The second kappa shape index (κ2) is 4.25. The summed E-state index contributed by atoms with van der Waals surface area (Å²) < 4.78 is 38.5. The molecule has 0 atom stereocenters. The standard InChI is InChI=1S/C10H6F3N3S/c11-10(12,13)7-1-2-14-4-6(7)8-3-9(17)16-5-15-8/h1-5H,(H,15,16,17). The van der Waals surface area contributed by atoms with Crippen LogP contribution in [0.4, 0.5) is 13.2 Å². The molecule has 2 heterocycles. The SMILES string of the molecule is FC(F)(F)c1ccncc1-c1cc(=S)nc[nH]1. The molecule has 0 aliphatic heterocycles. The molecule has 2 aromatic rings. The second-order valence-corrected chi connectivity index (χ2v) is 3.64. The quantitative estimate of drug-likeness (QED) is 0.797. The topological polar surface area (TPSA) is 41.6 Å². The minimum absolute atomic E-state index is 0.0477. The Bertz CT molecular complexity index is 592. The van der Waals surface area contributed by atoms with Crippen LogP contribution in [-0.4, -0.2) is 15.0 Å². The third-order valence-electron chi connectivity index (χ3n) is 2.10. The summed E-state index contributed by atoms with van der Waals surface area (Å²) in [5.74, 6) is 0. The number of halogens is 3. The Hall–Kier alpha value is -1.76. The Labute approximate surface area is 99.4 Å². The molecule has 88 valence electrons. The van der Waals surface area contributed by atoms with Crippen LogP contribution in [0, 0.1) is 4.64 Å². The highest BCUT2D eigenvalue weighted by atomic mass is 32.1. The van der Waals surface area contributed by atoms with Gasteiger partial charge in [-0.3, -0.25) is 4.98 Å². The minimum Gasteiger partial charge on any atom is -0.346 e. The highest BCUT2D eigenvalue weighted by Crippen LogP contribution is 2.35. The third kappa shape index (κ3) is 2.50. The van der Waals surface area contributed by atoms with Crippen LogP contribution in [0.3, 0.4) is 0 Å². The maximum atomic E-state index is 12.8. The van der Waals surface area contributed by atoms with Crippen molar-refractivity contribution >= 4 is 12.2 Å². The fourth-order valence-electron chi connectivity index (χ4n) is 1.38. The lowest BCUT2D eigenvalue weighted by molar-refractivity contribution is -0.137. The zero-order chi connectivity index (χ0) is 12.5. The molecule has 0 unspecified atom stereocenters. The molecule has 0 radical (unpaired) electrons. The molecule has 0 aliphatic rings. The Morgan fingerprint density at radius 1 is 1.29 bits per heavy atom. The Morgan fingerprint density at radius 2 is 2.06 bits per heavy atom. The molecule has 0 aromatic carbocycles. The first-order valence-corrected chi connectivity index (χ1v) is 4.95. The van der Waals surface area contributed by atoms with Crippen LogP contribution in [0.2, 0.25) is 0 Å². The van der Waals surface area contributed by atoms with Gasteiger partial charge in [-0.25, -0.2) is 4.98 Å². The molecule has 2 rings (SSSR count). The average Bonchev–Trinajstić information content (AvgIpc) is 2.28. The van der Waals surface area contributed by atoms with E-state index >= 15 is 0 Å². The van der Waals surface area contributed by atoms with Gasteiger partial charge in [0.25, 0.3) is 0 Å². The number of nitrogens with zero attached hydrogens (tertiary/aromatic N) is 2. The van der Waals surface area contributed by atoms with E-state index < -0.39 is 11.7 Å². The maximum Gasteiger partial charge on any atom is 0.417 e. The van der Waals surface area contributed by atoms with Gasteiger partial charge in [0.05, 0.1) is 17.6 Å². The van der Waals surface area contributed by atoms with Gasteiger partial charge in [0.2, 0.25) is 0 Å². The summed E-state index contributed by atoms with van der Waals surface area (Å²) in [5, 5.41) is 0. The summed E-state index contributed by atoms with van der Waals surface area (Å²) in [7, 11) is 0. The molecule has 0 amide bonds. The summed E-state index contributed by atoms with van der Waals surface area (Å²) >= 11 is 4.80. The van der Waals surface area contributed by atoms with Crippen molar-refractivity contribution in [3.8, 4) is 11.3 Å². The van der Waals surface area contributed by atoms with Crippen molar-refractivity contribution < 1.29 is 13.2 Å². The molecule has 0 spiro atoms. The molecule has 0 fully saturated rings. The molecule has 17 heavy (non-hydrogen) atoms. The van der Waals surface area contributed by atoms with E-state index in [1.165, 1.54) is 12.4 Å². The van der Waals surface area contributed by atoms with Crippen LogP contribution in [0.25, 0.3) is 11.3 Å². The van der Waals surface area contributed by atoms with Crippen molar-refractivity contribution in [2.45, 2.75) is 6.18 Å². The number of alkyl halides is 3. The Balaban J connectivity index is 2.64. The number of hydrogen-bond donors (Lipinski definition) is 1. The molecule has 1 N–H and O–H groups in total. The highest BCUT2D eigenvalue weighted by molar-refractivity contribution is 7.71. The van der Waals surface area contributed by atoms with Gasteiger partial charge < -0.3 is 4.98 Å². The zero-order valence-corrected chi connectivity index (χ0v) is 9.14. The number of H-pyrrole nitrogens is 1. The van der Waals surface area contributed by atoms with E-state index in [4.69, 9.17) is 12.2 Å². The van der Waals surface area contributed by atoms with Crippen LogP contribution in [0.15, 0.2) is 30.9 Å². The highest BCUT2D eigenvalue weighted by Gasteiger charge is 2.33. The van der Waals surface area contributed by atoms with Crippen molar-refractivity contribution in [2.24, 2.45) is 0 Å². The molecular formula is C10H6F3N3S. The van der Waals surface area contributed by atoms with Crippen molar-refractivity contribution in [3.63, 3.8) is 0 Å². The first kappa shape index (κ1) is 11.7. The molecule has 0 aliphatic carbocycles. The summed E-state index contributed by atoms with van der Waals surface area (Å²) in [5.41, 5.74) is -0.566. The molecule has 0 bridgehead atoms. The van der Waals surface area contributed by atoms with E-state index in [0.717, 1.165) is 18.5 Å². The molecule has 2 aromatic heterocycles. The van der Waals surface area contributed by atoms with E-state index in [9.17, 15) is 13.2 Å². The maximum absolute atomic E-state index is 12.8. The number of aromatic amines is 1. The van der Waals surface area contributed by atoms with Gasteiger partial charge in [0, 0.05) is 18.0 Å². The van der Waals surface area contributed by atoms with Gasteiger partial charge in [0.15, 0.2) is 0 Å². The van der Waals surface area contributed by atoms with E-state index in [1.807, 2.05) is 0 Å². The normalized spacial score (nSPS) is 11.5. The summed E-state index contributed by atoms with van der Waals surface area (Å²) in [4.78, 5) is 10.0. The third-order valence-corrected chi connectivity index (χ3v) is 2.32. The van der Waals surface area contributed by atoms with Crippen LogP contribution in [-0.2, 0) is 6.18 Å². The summed E-state index contributed by atoms with van der Waals surface area (Å²) in [6.45, 7) is 0. The second-order valence-electron chi connectivity index (χ2n) is 3.22. The molecule has 3 nitrogen and oxygen atoms in total. The molecular weight excluding hydrogens is 251 g/mol. The van der Waals surface area contributed by atoms with Crippen LogP contribution in [0.1, 0.15) is 5.56 Å². The first-order valence-electron chi connectivity index (χ1n) is 4.55. The summed E-state index contributed by atoms with van der Waals surface area (Å²) in [6, 6.07) is 2.29. The number of pyridine rings is 1. The zero-order valence-electron chi connectivity index (χ0n) is 8.32. The number of rotatable bonds is 1. The van der Waals surface area contributed by atoms with Crippen molar-refractivity contribution in [1.29, 1.82) is 0 Å². The van der Waals surface area contributed by atoms with Gasteiger partial charge in [-0.1, -0.05) is 12.2 Å². The fourth-order valence-corrected chi connectivity index (χ4v) is 1.55. The number of hydrogen-bond acceptors (Lipinski definition) is 3. The van der Waals surface area contributed by atoms with E-state index in [2.05, 4.69) is 15.0 Å². The van der Waals surface area contributed by atoms with Crippen molar-refractivity contribution in [2.75, 3.05) is 0 Å². The lowest BCUT2D eigenvalue weighted by atomic mass is 10.1. The molecule has 0 saturated heterocycles. The Kier molecular flexibility index (Phi) is 2.93. The first-order chi connectivity index (χ1) is 7.98. The molecule has 7 heteroatoms. The Morgan fingerprint density at radius 3 is 2.71 bits per heavy atom. The largest absolute Gasteiger partial charge is 0.417 e. The van der Waals surface area contributed by atoms with Gasteiger partial charge in [-0.05, 0) is 12.1 Å². The van der Waals surface area contributed by atoms with E-state index in [1.54, 1.807) is 0 Å². The number of nitrogens with one attached hydrogen (secondary N) is 1. The van der Waals surface area contributed by atoms with Gasteiger partial charge >= 0.3 is 6.18 Å². The van der Waals surface area contributed by atoms with Crippen LogP contribution in [0.5, 0.6) is 0 Å². The fraction of sp³-hybridized carbons (Fsp3) is 0.100. The van der Waals surface area contributed by atoms with E-state index in [0.29, 0.717) is 0 Å². The van der Waals surface area contributed by atoms with Gasteiger partial charge in [-0.15, -0.1) is 0 Å². The van der Waals surface area contributed by atoms with Gasteiger partial charge in [0.1, 0.15) is 4.64 Å². The van der Waals surface area contributed by atoms with Crippen molar-refractivity contribution in [1.82, 2.24) is 15.0 Å². The van der Waals surface area contributed by atoms with Gasteiger partial charge in [-0.2, -0.15) is 13.2 Å². The number of aromatic nitrogens is 3. The average molecular weight is 257 g/mol. The smallest absolute Gasteiger partial charge is 0.346 e. The summed E-state index contributed by atoms with van der Waals surface area (Å²) in [6.07, 6.45) is -0.937. The van der Waals surface area contributed by atoms with Crippen LogP contribution < -0.4 is 0 Å².